The minimum absolute atomic E-state index is 0.132. The molecule has 0 aliphatic carbocycles. The Morgan fingerprint density at radius 2 is 1.21 bits per heavy atom. The van der Waals surface area contributed by atoms with Crippen molar-refractivity contribution in [1.82, 2.24) is 9.97 Å². The maximum atomic E-state index is 6.38. The molecular formula is C16H21N3. The van der Waals surface area contributed by atoms with E-state index in [0.29, 0.717) is 0 Å². The Kier molecular flexibility index (Phi) is 4.63. The molecule has 100 valence electrons. The SMILES string of the molecule is CC(N)(CCc1ccncc1)CCc1ccncc1. The minimum atomic E-state index is -0.132. The molecule has 3 nitrogen and oxygen atoms in total. The number of aryl methyl sites for hydroxylation is 2. The molecule has 0 fully saturated rings. The minimum Gasteiger partial charge on any atom is -0.325 e. The fourth-order valence-corrected chi connectivity index (χ4v) is 2.08. The highest BCUT2D eigenvalue weighted by Crippen LogP contribution is 2.17. The van der Waals surface area contributed by atoms with Crippen LogP contribution in [0.4, 0.5) is 0 Å². The van der Waals surface area contributed by atoms with Crippen LogP contribution >= 0.6 is 0 Å². The van der Waals surface area contributed by atoms with Crippen molar-refractivity contribution in [3.05, 3.63) is 60.2 Å². The molecule has 0 amide bonds. The van der Waals surface area contributed by atoms with E-state index in [1.54, 1.807) is 0 Å². The molecule has 0 spiro atoms. The first kappa shape index (κ1) is 13.7. The normalized spacial score (nSPS) is 11.5. The second-order valence-electron chi connectivity index (χ2n) is 5.36. The molecule has 0 saturated heterocycles. The molecule has 19 heavy (non-hydrogen) atoms. The van der Waals surface area contributed by atoms with E-state index in [0.717, 1.165) is 25.7 Å². The molecule has 0 saturated carbocycles. The van der Waals surface area contributed by atoms with Crippen LogP contribution in [-0.4, -0.2) is 15.5 Å². The highest BCUT2D eigenvalue weighted by atomic mass is 14.7. The number of hydrogen-bond donors (Lipinski definition) is 1. The van der Waals surface area contributed by atoms with E-state index in [1.807, 2.05) is 24.8 Å². The third-order valence-electron chi connectivity index (χ3n) is 3.47. The van der Waals surface area contributed by atoms with E-state index >= 15 is 0 Å². The Morgan fingerprint density at radius 1 is 0.842 bits per heavy atom. The van der Waals surface area contributed by atoms with Gasteiger partial charge in [-0.15, -0.1) is 0 Å². The summed E-state index contributed by atoms with van der Waals surface area (Å²) in [6.07, 6.45) is 11.3. The molecule has 0 bridgehead atoms. The van der Waals surface area contributed by atoms with Crippen LogP contribution in [0.15, 0.2) is 49.1 Å². The number of pyridine rings is 2. The summed E-state index contributed by atoms with van der Waals surface area (Å²) >= 11 is 0. The van der Waals surface area contributed by atoms with E-state index in [-0.39, 0.29) is 5.54 Å². The molecule has 0 aliphatic rings. The molecule has 0 aliphatic heterocycles. The number of aromatic nitrogens is 2. The average Bonchev–Trinajstić information content (AvgIpc) is 2.46. The lowest BCUT2D eigenvalue weighted by molar-refractivity contribution is 0.401. The van der Waals surface area contributed by atoms with Gasteiger partial charge in [-0.1, -0.05) is 0 Å². The first-order chi connectivity index (χ1) is 9.16. The van der Waals surface area contributed by atoms with Crippen molar-refractivity contribution in [2.75, 3.05) is 0 Å². The zero-order valence-electron chi connectivity index (χ0n) is 11.4. The van der Waals surface area contributed by atoms with E-state index in [9.17, 15) is 0 Å². The molecule has 2 heterocycles. The molecule has 0 radical (unpaired) electrons. The van der Waals surface area contributed by atoms with Crippen LogP contribution < -0.4 is 5.73 Å². The average molecular weight is 255 g/mol. The van der Waals surface area contributed by atoms with Gasteiger partial charge in [0, 0.05) is 30.3 Å². The van der Waals surface area contributed by atoms with Crippen LogP contribution in [0.3, 0.4) is 0 Å². The number of nitrogens with two attached hydrogens (primary N) is 1. The fourth-order valence-electron chi connectivity index (χ4n) is 2.08. The summed E-state index contributed by atoms with van der Waals surface area (Å²) in [6, 6.07) is 8.22. The van der Waals surface area contributed by atoms with Crippen LogP contribution in [0.25, 0.3) is 0 Å². The summed E-state index contributed by atoms with van der Waals surface area (Å²) in [6.45, 7) is 2.13. The molecule has 0 unspecified atom stereocenters. The summed E-state index contributed by atoms with van der Waals surface area (Å²) < 4.78 is 0. The molecule has 2 N–H and O–H groups in total. The molecule has 0 aromatic carbocycles. The maximum Gasteiger partial charge on any atom is 0.0270 e. The van der Waals surface area contributed by atoms with Crippen LogP contribution in [0.1, 0.15) is 30.9 Å². The summed E-state index contributed by atoms with van der Waals surface area (Å²) in [4.78, 5) is 8.06. The van der Waals surface area contributed by atoms with Gasteiger partial charge in [0.2, 0.25) is 0 Å². The largest absolute Gasteiger partial charge is 0.325 e. The smallest absolute Gasteiger partial charge is 0.0270 e. The van der Waals surface area contributed by atoms with Gasteiger partial charge in [0.25, 0.3) is 0 Å². The van der Waals surface area contributed by atoms with Crippen LogP contribution in [0.5, 0.6) is 0 Å². The second-order valence-corrected chi connectivity index (χ2v) is 5.36. The van der Waals surface area contributed by atoms with Gasteiger partial charge in [-0.2, -0.15) is 0 Å². The van der Waals surface area contributed by atoms with Gasteiger partial charge in [0.1, 0.15) is 0 Å². The lowest BCUT2D eigenvalue weighted by atomic mass is 9.88. The van der Waals surface area contributed by atoms with Crippen molar-refractivity contribution in [3.8, 4) is 0 Å². The summed E-state index contributed by atoms with van der Waals surface area (Å²) in [7, 11) is 0. The van der Waals surface area contributed by atoms with Crippen molar-refractivity contribution in [2.45, 2.75) is 38.1 Å². The Hall–Kier alpha value is -1.74. The Bertz CT molecular complexity index is 434. The van der Waals surface area contributed by atoms with Crippen LogP contribution in [0, 0.1) is 0 Å². The molecule has 2 rings (SSSR count). The quantitative estimate of drug-likeness (QED) is 0.863. The standard InChI is InChI=1S/C16H21N3/c1-16(17,8-2-14-4-10-18-11-5-14)9-3-15-6-12-19-13-7-15/h4-7,10-13H,2-3,8-9,17H2,1H3. The lowest BCUT2D eigenvalue weighted by Crippen LogP contribution is -2.37. The maximum absolute atomic E-state index is 6.38. The predicted molar refractivity (Wildman–Crippen MR) is 77.7 cm³/mol. The van der Waals surface area contributed by atoms with Gasteiger partial charge in [-0.3, -0.25) is 9.97 Å². The zero-order chi connectivity index (χ0) is 13.6. The number of nitrogens with zero attached hydrogens (tertiary/aromatic N) is 2. The number of rotatable bonds is 6. The van der Waals surface area contributed by atoms with Crippen molar-refractivity contribution in [3.63, 3.8) is 0 Å². The second kappa shape index (κ2) is 6.43. The van der Waals surface area contributed by atoms with E-state index in [2.05, 4.69) is 41.2 Å². The van der Waals surface area contributed by atoms with E-state index in [1.165, 1.54) is 11.1 Å². The molecule has 3 heteroatoms. The summed E-state index contributed by atoms with van der Waals surface area (Å²) in [5.41, 5.74) is 8.85. The van der Waals surface area contributed by atoms with E-state index in [4.69, 9.17) is 5.73 Å². The first-order valence-electron chi connectivity index (χ1n) is 6.72. The van der Waals surface area contributed by atoms with Crippen molar-refractivity contribution in [1.29, 1.82) is 0 Å². The van der Waals surface area contributed by atoms with Crippen molar-refractivity contribution >= 4 is 0 Å². The monoisotopic (exact) mass is 255 g/mol. The Labute approximate surface area is 114 Å². The third-order valence-corrected chi connectivity index (χ3v) is 3.47. The fraction of sp³-hybridized carbons (Fsp3) is 0.375. The molecule has 2 aromatic rings. The highest BCUT2D eigenvalue weighted by Gasteiger charge is 2.17. The van der Waals surface area contributed by atoms with Gasteiger partial charge in [0.15, 0.2) is 0 Å². The zero-order valence-corrected chi connectivity index (χ0v) is 11.4. The molecule has 0 atom stereocenters. The predicted octanol–water partition coefficient (Wildman–Crippen LogP) is 2.76. The van der Waals surface area contributed by atoms with Crippen molar-refractivity contribution < 1.29 is 0 Å². The topological polar surface area (TPSA) is 51.8 Å². The third kappa shape index (κ3) is 4.79. The highest BCUT2D eigenvalue weighted by molar-refractivity contribution is 5.12. The van der Waals surface area contributed by atoms with Crippen LogP contribution in [0.2, 0.25) is 0 Å². The van der Waals surface area contributed by atoms with Gasteiger partial charge < -0.3 is 5.73 Å². The van der Waals surface area contributed by atoms with Gasteiger partial charge >= 0.3 is 0 Å². The summed E-state index contributed by atoms with van der Waals surface area (Å²) in [5.74, 6) is 0. The van der Waals surface area contributed by atoms with Gasteiger partial charge in [0.05, 0.1) is 0 Å². The van der Waals surface area contributed by atoms with Gasteiger partial charge in [-0.25, -0.2) is 0 Å². The first-order valence-corrected chi connectivity index (χ1v) is 6.72. The van der Waals surface area contributed by atoms with Gasteiger partial charge in [-0.05, 0) is 68.0 Å². The van der Waals surface area contributed by atoms with Crippen LogP contribution in [-0.2, 0) is 12.8 Å². The van der Waals surface area contributed by atoms with Crippen molar-refractivity contribution in [2.24, 2.45) is 5.73 Å². The Morgan fingerprint density at radius 3 is 1.58 bits per heavy atom. The molecule has 2 aromatic heterocycles. The summed E-state index contributed by atoms with van der Waals surface area (Å²) in [5, 5.41) is 0. The number of hydrogen-bond acceptors (Lipinski definition) is 3. The molecular weight excluding hydrogens is 234 g/mol. The Balaban J connectivity index is 1.82. The lowest BCUT2D eigenvalue weighted by Gasteiger charge is -2.24. The van der Waals surface area contributed by atoms with E-state index < -0.39 is 0 Å².